The third-order valence-corrected chi connectivity index (χ3v) is 2.05. The number of hydrogen-bond donors (Lipinski definition) is 1. The van der Waals surface area contributed by atoms with Crippen molar-refractivity contribution in [3.05, 3.63) is 29.3 Å². The lowest BCUT2D eigenvalue weighted by Crippen LogP contribution is -2.12. The van der Waals surface area contributed by atoms with Crippen LogP contribution >= 0.6 is 0 Å². The van der Waals surface area contributed by atoms with Gasteiger partial charge in [-0.1, -0.05) is 6.92 Å². The highest BCUT2D eigenvalue weighted by molar-refractivity contribution is 5.90. The zero-order valence-electron chi connectivity index (χ0n) is 8.93. The number of hydrogen-bond acceptors (Lipinski definition) is 2. The van der Waals surface area contributed by atoms with Gasteiger partial charge in [0, 0.05) is 12.1 Å². The first kappa shape index (κ1) is 13.0. The third kappa shape index (κ3) is 3.21. The molecular weight excluding hydrogens is 233 g/mol. The van der Waals surface area contributed by atoms with Gasteiger partial charge in [0.2, 0.25) is 5.91 Å². The van der Waals surface area contributed by atoms with Crippen LogP contribution in [-0.2, 0) is 11.0 Å². The highest BCUT2D eigenvalue weighted by Gasteiger charge is 2.33. The molecule has 0 aromatic heterocycles. The minimum Gasteiger partial charge on any atom is -0.326 e. The number of amides is 1. The Morgan fingerprint density at radius 2 is 2.12 bits per heavy atom. The van der Waals surface area contributed by atoms with Gasteiger partial charge < -0.3 is 5.32 Å². The Bertz CT molecular complexity index is 475. The fourth-order valence-electron chi connectivity index (χ4n) is 1.20. The molecule has 0 fully saturated rings. The van der Waals surface area contributed by atoms with E-state index >= 15 is 0 Å². The molecule has 1 rings (SSSR count). The summed E-state index contributed by atoms with van der Waals surface area (Å²) < 4.78 is 37.7. The molecule has 0 spiro atoms. The van der Waals surface area contributed by atoms with E-state index in [4.69, 9.17) is 5.26 Å². The number of alkyl halides is 3. The quantitative estimate of drug-likeness (QED) is 0.866. The summed E-state index contributed by atoms with van der Waals surface area (Å²) >= 11 is 0. The number of carbonyl (C=O) groups is 1. The second-order valence-electron chi connectivity index (χ2n) is 3.27. The van der Waals surface area contributed by atoms with E-state index in [1.165, 1.54) is 12.1 Å². The van der Waals surface area contributed by atoms with Gasteiger partial charge in [0.05, 0.1) is 17.2 Å². The largest absolute Gasteiger partial charge is 0.417 e. The van der Waals surface area contributed by atoms with Crippen molar-refractivity contribution < 1.29 is 18.0 Å². The van der Waals surface area contributed by atoms with Crippen molar-refractivity contribution >= 4 is 11.6 Å². The molecule has 3 nitrogen and oxygen atoms in total. The number of carbonyl (C=O) groups excluding carboxylic acids is 1. The molecule has 0 saturated carbocycles. The average molecular weight is 242 g/mol. The molecule has 0 aliphatic heterocycles. The molecule has 0 aliphatic carbocycles. The summed E-state index contributed by atoms with van der Waals surface area (Å²) in [5.41, 5.74) is -1.48. The second kappa shape index (κ2) is 4.87. The van der Waals surface area contributed by atoms with Crippen LogP contribution < -0.4 is 5.32 Å². The lowest BCUT2D eigenvalue weighted by molar-refractivity contribution is -0.137. The van der Waals surface area contributed by atoms with Gasteiger partial charge >= 0.3 is 6.18 Å². The van der Waals surface area contributed by atoms with Crippen LogP contribution in [0.25, 0.3) is 0 Å². The molecule has 90 valence electrons. The number of halogens is 3. The van der Waals surface area contributed by atoms with E-state index in [2.05, 4.69) is 5.32 Å². The number of rotatable bonds is 2. The van der Waals surface area contributed by atoms with Crippen LogP contribution in [0.3, 0.4) is 0 Å². The van der Waals surface area contributed by atoms with E-state index in [1.807, 2.05) is 0 Å². The topological polar surface area (TPSA) is 52.9 Å². The predicted molar refractivity (Wildman–Crippen MR) is 55.1 cm³/mol. The van der Waals surface area contributed by atoms with Crippen molar-refractivity contribution in [1.82, 2.24) is 0 Å². The van der Waals surface area contributed by atoms with Gasteiger partial charge in [0.25, 0.3) is 0 Å². The van der Waals surface area contributed by atoms with E-state index in [0.29, 0.717) is 0 Å². The van der Waals surface area contributed by atoms with Crippen molar-refractivity contribution in [3.8, 4) is 6.07 Å². The van der Waals surface area contributed by atoms with Crippen molar-refractivity contribution in [2.24, 2.45) is 0 Å². The Labute approximate surface area is 95.9 Å². The normalized spacial score (nSPS) is 10.8. The second-order valence-corrected chi connectivity index (χ2v) is 3.27. The molecule has 0 unspecified atom stereocenters. The van der Waals surface area contributed by atoms with Gasteiger partial charge in [0.1, 0.15) is 0 Å². The Morgan fingerprint density at radius 1 is 1.47 bits per heavy atom. The highest BCUT2D eigenvalue weighted by atomic mass is 19.4. The van der Waals surface area contributed by atoms with Gasteiger partial charge in [0.15, 0.2) is 0 Å². The monoisotopic (exact) mass is 242 g/mol. The maximum absolute atomic E-state index is 12.6. The number of nitriles is 1. The molecular formula is C11H9F3N2O. The highest BCUT2D eigenvalue weighted by Crippen LogP contribution is 2.33. The van der Waals surface area contributed by atoms with Gasteiger partial charge in [-0.2, -0.15) is 18.4 Å². The van der Waals surface area contributed by atoms with Crippen molar-refractivity contribution in [2.75, 3.05) is 5.32 Å². The zero-order valence-corrected chi connectivity index (χ0v) is 8.93. The molecule has 0 saturated heterocycles. The summed E-state index contributed by atoms with van der Waals surface area (Å²) in [5, 5.41) is 10.9. The average Bonchev–Trinajstić information content (AvgIpc) is 2.27. The molecule has 0 aliphatic rings. The molecule has 1 aromatic carbocycles. The first-order chi connectivity index (χ1) is 7.88. The minimum atomic E-state index is -4.61. The van der Waals surface area contributed by atoms with Crippen LogP contribution in [0.1, 0.15) is 24.5 Å². The summed E-state index contributed by atoms with van der Waals surface area (Å²) in [4.78, 5) is 11.0. The van der Waals surface area contributed by atoms with Gasteiger partial charge in [-0.25, -0.2) is 0 Å². The fourth-order valence-corrected chi connectivity index (χ4v) is 1.20. The first-order valence-electron chi connectivity index (χ1n) is 4.79. The van der Waals surface area contributed by atoms with Crippen LogP contribution in [0, 0.1) is 11.3 Å². The van der Waals surface area contributed by atoms with Crippen LogP contribution in [0.5, 0.6) is 0 Å². The molecule has 1 N–H and O–H groups in total. The standard InChI is InChI=1S/C11H9F3N2O/c1-2-10(17)16-8-4-3-7(6-15)9(5-8)11(12,13)14/h3-5H,2H2,1H3,(H,16,17). The van der Waals surface area contributed by atoms with Crippen LogP contribution in [0.15, 0.2) is 18.2 Å². The number of nitrogens with zero attached hydrogens (tertiary/aromatic N) is 1. The van der Waals surface area contributed by atoms with Gasteiger partial charge in [-0.05, 0) is 18.2 Å². The predicted octanol–water partition coefficient (Wildman–Crippen LogP) is 2.93. The smallest absolute Gasteiger partial charge is 0.326 e. The Morgan fingerprint density at radius 3 is 2.59 bits per heavy atom. The van der Waals surface area contributed by atoms with Crippen molar-refractivity contribution in [1.29, 1.82) is 5.26 Å². The Balaban J connectivity index is 3.15. The number of benzene rings is 1. The van der Waals surface area contributed by atoms with Crippen molar-refractivity contribution in [3.63, 3.8) is 0 Å². The van der Waals surface area contributed by atoms with Crippen molar-refractivity contribution in [2.45, 2.75) is 19.5 Å². The van der Waals surface area contributed by atoms with Crippen LogP contribution in [-0.4, -0.2) is 5.91 Å². The van der Waals surface area contributed by atoms with Gasteiger partial charge in [-0.15, -0.1) is 0 Å². The summed E-state index contributed by atoms with van der Waals surface area (Å²) in [7, 11) is 0. The zero-order chi connectivity index (χ0) is 13.1. The van der Waals surface area contributed by atoms with E-state index in [9.17, 15) is 18.0 Å². The summed E-state index contributed by atoms with van der Waals surface area (Å²) in [6.45, 7) is 1.59. The molecule has 0 radical (unpaired) electrons. The first-order valence-corrected chi connectivity index (χ1v) is 4.79. The molecule has 0 bridgehead atoms. The minimum absolute atomic E-state index is 0.0307. The third-order valence-electron chi connectivity index (χ3n) is 2.05. The number of anilines is 1. The van der Waals surface area contributed by atoms with Crippen LogP contribution in [0.4, 0.5) is 18.9 Å². The lowest BCUT2D eigenvalue weighted by atomic mass is 10.1. The Kier molecular flexibility index (Phi) is 3.73. The molecule has 6 heteroatoms. The molecule has 0 heterocycles. The van der Waals surface area contributed by atoms with E-state index in [1.54, 1.807) is 6.92 Å². The molecule has 1 amide bonds. The van der Waals surface area contributed by atoms with E-state index in [0.717, 1.165) is 12.1 Å². The fraction of sp³-hybridized carbons (Fsp3) is 0.273. The summed E-state index contributed by atoms with van der Waals surface area (Å²) in [6, 6.07) is 4.52. The maximum Gasteiger partial charge on any atom is 0.417 e. The molecule has 0 atom stereocenters. The Hall–Kier alpha value is -2.03. The molecule has 1 aromatic rings. The van der Waals surface area contributed by atoms with Gasteiger partial charge in [-0.3, -0.25) is 4.79 Å². The SMILES string of the molecule is CCC(=O)Nc1ccc(C#N)c(C(F)(F)F)c1. The number of nitrogens with one attached hydrogen (secondary N) is 1. The summed E-state index contributed by atoms with van der Waals surface area (Å²) in [6.07, 6.45) is -4.45. The van der Waals surface area contributed by atoms with E-state index < -0.39 is 17.3 Å². The van der Waals surface area contributed by atoms with Crippen LogP contribution in [0.2, 0.25) is 0 Å². The maximum atomic E-state index is 12.6. The summed E-state index contributed by atoms with van der Waals surface area (Å²) in [5.74, 6) is -0.386. The molecule has 17 heavy (non-hydrogen) atoms. The lowest BCUT2D eigenvalue weighted by Gasteiger charge is -2.11. The van der Waals surface area contributed by atoms with E-state index in [-0.39, 0.29) is 18.0 Å².